The van der Waals surface area contributed by atoms with E-state index in [9.17, 15) is 39.9 Å². The molecule has 9 atom stereocenters. The maximum absolute atomic E-state index is 14.5. The zero-order chi connectivity index (χ0) is 44.9. The molecule has 0 unspecified atom stereocenters. The summed E-state index contributed by atoms with van der Waals surface area (Å²) in [6.07, 6.45) is 11.1. The van der Waals surface area contributed by atoms with Crippen molar-refractivity contribution >= 4 is 40.3 Å². The summed E-state index contributed by atoms with van der Waals surface area (Å²) in [6.45, 7) is 13.9. The van der Waals surface area contributed by atoms with Gasteiger partial charge in [0.15, 0.2) is 5.75 Å². The molecule has 0 aliphatic carbocycles. The quantitative estimate of drug-likeness (QED) is 0.0814. The summed E-state index contributed by atoms with van der Waals surface area (Å²) in [5.41, 5.74) is -0.276. The van der Waals surface area contributed by atoms with Crippen LogP contribution in [0.3, 0.4) is 0 Å². The molecule has 4 aliphatic rings. The number of Topliss-reactive ketones (excluding diaryl/α,β-unsaturated/α-hetero) is 1. The number of carbonyl (C=O) groups excluding carboxylic acids is 3. The Bertz CT molecular complexity index is 2090. The van der Waals surface area contributed by atoms with Gasteiger partial charge in [-0.15, -0.1) is 0 Å². The van der Waals surface area contributed by atoms with E-state index in [4.69, 9.17) is 18.9 Å². The number of aliphatic hydroxyl groups is 2. The van der Waals surface area contributed by atoms with Crippen LogP contribution in [-0.2, 0) is 23.8 Å². The van der Waals surface area contributed by atoms with E-state index in [2.05, 4.69) is 10.4 Å². The highest BCUT2D eigenvalue weighted by Gasteiger charge is 2.50. The van der Waals surface area contributed by atoms with Crippen LogP contribution in [0, 0.1) is 30.6 Å². The Morgan fingerprint density at radius 3 is 2.16 bits per heavy atom. The second-order valence-corrected chi connectivity index (χ2v) is 16.9. The monoisotopic (exact) mass is 849 g/mol. The van der Waals surface area contributed by atoms with Crippen molar-refractivity contribution < 1.29 is 58.9 Å². The number of phenolic OH excluding ortho intramolecular Hbond substituents is 3. The number of esters is 1. The highest BCUT2D eigenvalue weighted by Crippen LogP contribution is 2.55. The lowest BCUT2D eigenvalue weighted by Gasteiger charge is -2.38. The van der Waals surface area contributed by atoms with Crippen molar-refractivity contribution in [1.82, 2.24) is 5.01 Å². The molecule has 6 N–H and O–H groups in total. The first-order valence-electron chi connectivity index (χ1n) is 21.2. The van der Waals surface area contributed by atoms with Crippen molar-refractivity contribution in [1.29, 1.82) is 0 Å². The van der Waals surface area contributed by atoms with Crippen LogP contribution in [0.15, 0.2) is 41.2 Å². The normalized spacial score (nSPS) is 29.8. The number of rotatable bonds is 4. The first-order chi connectivity index (χ1) is 28.8. The van der Waals surface area contributed by atoms with Gasteiger partial charge in [-0.3, -0.25) is 19.4 Å². The van der Waals surface area contributed by atoms with Crippen molar-refractivity contribution in [3.8, 4) is 23.0 Å². The summed E-state index contributed by atoms with van der Waals surface area (Å²) in [6, 6.07) is 0. The summed E-state index contributed by atoms with van der Waals surface area (Å²) in [4.78, 5) is 40.7. The first kappa shape index (κ1) is 46.9. The Morgan fingerprint density at radius 1 is 0.902 bits per heavy atom. The van der Waals surface area contributed by atoms with E-state index >= 15 is 0 Å². The summed E-state index contributed by atoms with van der Waals surface area (Å²) in [5.74, 6) is -8.25. The van der Waals surface area contributed by atoms with Crippen LogP contribution in [0.4, 0.5) is 5.69 Å². The number of phenols is 3. The Balaban J connectivity index is 1.71. The van der Waals surface area contributed by atoms with E-state index in [0.29, 0.717) is 13.1 Å². The van der Waals surface area contributed by atoms with E-state index < -0.39 is 88.8 Å². The number of nitrogens with zero attached hydrogens (tertiary/aromatic N) is 2. The van der Waals surface area contributed by atoms with Crippen LogP contribution in [-0.4, -0.2) is 105 Å². The van der Waals surface area contributed by atoms with Gasteiger partial charge in [-0.1, -0.05) is 71.6 Å². The second-order valence-electron chi connectivity index (χ2n) is 16.9. The molecular weight excluding hydrogens is 787 g/mol. The number of nitrogens with one attached hydrogen (secondary N) is 1. The minimum atomic E-state index is -2.04. The van der Waals surface area contributed by atoms with Crippen LogP contribution in [0.5, 0.6) is 23.0 Å². The molecule has 15 nitrogen and oxygen atoms in total. The maximum Gasteiger partial charge on any atom is 0.312 e. The third-order valence-corrected chi connectivity index (χ3v) is 12.5. The third-order valence-electron chi connectivity index (χ3n) is 12.5. The smallest absolute Gasteiger partial charge is 0.312 e. The van der Waals surface area contributed by atoms with Crippen LogP contribution < -0.4 is 10.1 Å². The molecule has 4 heterocycles. The fourth-order valence-corrected chi connectivity index (χ4v) is 8.53. The number of amides is 1. The molecule has 5 bridgehead atoms. The molecule has 0 spiro atoms. The molecule has 0 saturated carbocycles. The molecule has 1 fully saturated rings. The molecule has 2 aromatic carbocycles. The number of hydrogen-bond donors (Lipinski definition) is 6. The fourth-order valence-electron chi connectivity index (χ4n) is 8.53. The fraction of sp³-hybridized carbons (Fsp3) is 0.565. The highest BCUT2D eigenvalue weighted by atomic mass is 16.7. The summed E-state index contributed by atoms with van der Waals surface area (Å²) >= 11 is 0. The average Bonchev–Trinajstić information content (AvgIpc) is 3.56. The van der Waals surface area contributed by atoms with Gasteiger partial charge in [-0.05, 0) is 32.8 Å². The van der Waals surface area contributed by atoms with Crippen LogP contribution in [0.2, 0.25) is 0 Å². The van der Waals surface area contributed by atoms with Gasteiger partial charge in [0.25, 0.3) is 11.7 Å². The predicted molar refractivity (Wildman–Crippen MR) is 231 cm³/mol. The number of carbonyl (C=O) groups is 3. The standard InChI is InChI=1S/C46H63N3O12/c1-24-17-16-18-25(2)45(57)48-36-31(23-47-49-20-14-12-10-11-13-15-21-49)40(54)33-34(41(36)55)39(53)29(6)43-35(33)44(56)46(8,61-43)59-22-19-32(58-9)26(3)42(60-30(7)50)28(5)38(52)27(4)37(24)51/h16-19,22-24,26-28,32,37-38,42,51-55H,10-15,20-21H2,1-9H3,(H,48,57)/t24-,26+,27-,28-,32+,37-,38-,42+,46-/m0/s1. The molecule has 6 rings (SSSR count). The number of hydrogen-bond acceptors (Lipinski definition) is 14. The highest BCUT2D eigenvalue weighted by molar-refractivity contribution is 6.23. The van der Waals surface area contributed by atoms with Gasteiger partial charge in [0.1, 0.15) is 23.4 Å². The predicted octanol–water partition coefficient (Wildman–Crippen LogP) is 6.74. The van der Waals surface area contributed by atoms with E-state index in [1.165, 1.54) is 59.4 Å². The van der Waals surface area contributed by atoms with Crippen molar-refractivity contribution in [3.63, 3.8) is 0 Å². The molecule has 334 valence electrons. The minimum absolute atomic E-state index is 0.0645. The number of methoxy groups -OCH3 is 1. The molecule has 0 aromatic heterocycles. The lowest BCUT2D eigenvalue weighted by atomic mass is 9.78. The van der Waals surface area contributed by atoms with Crippen molar-refractivity contribution in [3.05, 3.63) is 52.8 Å². The van der Waals surface area contributed by atoms with Gasteiger partial charge in [-0.25, -0.2) is 0 Å². The summed E-state index contributed by atoms with van der Waals surface area (Å²) < 4.78 is 23.7. The molecule has 0 radical (unpaired) electrons. The van der Waals surface area contributed by atoms with Crippen LogP contribution in [0.1, 0.15) is 108 Å². The number of allylic oxidation sites excluding steroid dienone is 2. The second kappa shape index (κ2) is 19.7. The van der Waals surface area contributed by atoms with E-state index in [0.717, 1.165) is 38.5 Å². The Kier molecular flexibility index (Phi) is 15.2. The Labute approximate surface area is 357 Å². The summed E-state index contributed by atoms with van der Waals surface area (Å²) in [7, 11) is 1.44. The van der Waals surface area contributed by atoms with Crippen molar-refractivity contribution in [2.75, 3.05) is 25.5 Å². The minimum Gasteiger partial charge on any atom is -0.507 e. The van der Waals surface area contributed by atoms with E-state index in [1.54, 1.807) is 39.8 Å². The molecule has 4 aliphatic heterocycles. The Morgan fingerprint density at radius 2 is 1.54 bits per heavy atom. The number of benzene rings is 2. The topological polar surface area (TPSA) is 217 Å². The van der Waals surface area contributed by atoms with Gasteiger partial charge in [0.2, 0.25) is 0 Å². The van der Waals surface area contributed by atoms with Crippen molar-refractivity contribution in [2.45, 2.75) is 124 Å². The number of hydrazone groups is 1. The zero-order valence-electron chi connectivity index (χ0n) is 36.7. The van der Waals surface area contributed by atoms with E-state index in [-0.39, 0.29) is 44.5 Å². The largest absolute Gasteiger partial charge is 0.507 e. The third kappa shape index (κ3) is 9.84. The average molecular weight is 850 g/mol. The number of ketones is 1. The lowest BCUT2D eigenvalue weighted by Crippen LogP contribution is -2.46. The molecule has 61 heavy (non-hydrogen) atoms. The molecule has 1 amide bonds. The van der Waals surface area contributed by atoms with Gasteiger partial charge in [0, 0.05) is 74.2 Å². The number of aromatic hydroxyl groups is 3. The number of anilines is 1. The van der Waals surface area contributed by atoms with Gasteiger partial charge < -0.3 is 49.8 Å². The number of fused-ring (bicyclic) bond motifs is 14. The Hall–Kier alpha value is -5.12. The van der Waals surface area contributed by atoms with Gasteiger partial charge >= 0.3 is 11.8 Å². The van der Waals surface area contributed by atoms with E-state index in [1.807, 2.05) is 5.01 Å². The van der Waals surface area contributed by atoms with Crippen LogP contribution >= 0.6 is 0 Å². The molecule has 1 saturated heterocycles. The SMILES string of the molecule is CO[C@@H]1C=CO[C@@]2(C)Oc3c(C)c(O)c4c(O)c(c(C=NN5CCCCCCCC5)c(O)c4c3C2=O)NC(=O)C(C)=CC=C[C@H](C)[C@H](O)[C@H](C)[C@H](O)[C@H](C)[C@H](OC(C)=O)[C@@H]1C. The zero-order valence-corrected chi connectivity index (χ0v) is 36.7. The van der Waals surface area contributed by atoms with Crippen LogP contribution in [0.25, 0.3) is 10.8 Å². The van der Waals surface area contributed by atoms with Gasteiger partial charge in [-0.2, -0.15) is 5.10 Å². The molecule has 15 heteroatoms. The van der Waals surface area contributed by atoms with Crippen molar-refractivity contribution in [2.24, 2.45) is 28.8 Å². The van der Waals surface area contributed by atoms with Gasteiger partial charge in [0.05, 0.1) is 53.0 Å². The number of ether oxygens (including phenoxy) is 4. The molecule has 2 aromatic rings. The first-order valence-corrected chi connectivity index (χ1v) is 21.2. The molecular formula is C46H63N3O12. The lowest BCUT2D eigenvalue weighted by molar-refractivity contribution is -0.160. The number of aliphatic hydroxyl groups excluding tert-OH is 2. The summed E-state index contributed by atoms with van der Waals surface area (Å²) in [5, 5.41) is 67.5. The maximum atomic E-state index is 14.5.